The maximum Gasteiger partial charge on any atom is 1.00 e. The number of nitrogens with zero attached hydrogens (tertiary/aromatic N) is 1. The van der Waals surface area contributed by atoms with Gasteiger partial charge in [-0.1, -0.05) is 0 Å². The topological polar surface area (TPSA) is 99.2 Å². The molecule has 6 nitrogen and oxygen atoms in total. The van der Waals surface area contributed by atoms with Crippen LogP contribution in [0.2, 0.25) is 0 Å². The van der Waals surface area contributed by atoms with Crippen LogP contribution in [0.1, 0.15) is 0 Å². The van der Waals surface area contributed by atoms with E-state index in [1.807, 2.05) is 0 Å². The van der Waals surface area contributed by atoms with E-state index in [4.69, 9.17) is 0 Å². The Morgan fingerprint density at radius 2 is 2.18 bits per heavy atom. The summed E-state index contributed by atoms with van der Waals surface area (Å²) in [6.07, 6.45) is 0.896. The Labute approximate surface area is 123 Å². The molecule has 0 aromatic carbocycles. The van der Waals surface area contributed by atoms with Gasteiger partial charge in [-0.15, -0.1) is 0 Å². The van der Waals surface area contributed by atoms with Gasteiger partial charge in [0.05, 0.1) is 11.9 Å². The molecule has 1 heterocycles. The number of amides is 1. The molecule has 17 heavy (non-hydrogen) atoms. The smallest absolute Gasteiger partial charge is 0.739 e. The number of hydrogen-bond acceptors (Lipinski definition) is 6. The summed E-state index contributed by atoms with van der Waals surface area (Å²) in [4.78, 5) is 14.6. The third kappa shape index (κ3) is 7.68. The molecule has 1 rings (SSSR count). The molecule has 10 heteroatoms. The van der Waals surface area contributed by atoms with Crippen molar-refractivity contribution in [2.75, 3.05) is 11.1 Å². The van der Waals surface area contributed by atoms with Crippen LogP contribution in [0.25, 0.3) is 0 Å². The molecule has 0 atom stereocenters. The largest absolute Gasteiger partial charge is 1.00 e. The van der Waals surface area contributed by atoms with Crippen LogP contribution in [0, 0.1) is 5.82 Å². The van der Waals surface area contributed by atoms with Crippen molar-refractivity contribution in [3.63, 3.8) is 0 Å². The quantitative estimate of drug-likeness (QED) is 0.369. The average molecular weight is 288 g/mol. The van der Waals surface area contributed by atoms with Crippen molar-refractivity contribution in [3.05, 3.63) is 24.1 Å². The molecular formula is C7H6FN2NaO4S2. The van der Waals surface area contributed by atoms with E-state index < -0.39 is 26.6 Å². The summed E-state index contributed by atoms with van der Waals surface area (Å²) in [5, 5.41) is 2.20. The Morgan fingerprint density at radius 1 is 1.53 bits per heavy atom. The summed E-state index contributed by atoms with van der Waals surface area (Å²) in [6, 6.07) is 2.30. The first kappa shape index (κ1) is 16.8. The van der Waals surface area contributed by atoms with E-state index in [0.29, 0.717) is 0 Å². The number of aromatic nitrogens is 1. The van der Waals surface area contributed by atoms with E-state index in [1.165, 1.54) is 6.07 Å². The Bertz CT molecular complexity index is 479. The second kappa shape index (κ2) is 7.29. The summed E-state index contributed by atoms with van der Waals surface area (Å²) < 4.78 is 43.0. The number of rotatable bonds is 4. The van der Waals surface area contributed by atoms with Crippen LogP contribution < -0.4 is 34.9 Å². The van der Waals surface area contributed by atoms with Crippen molar-refractivity contribution in [2.45, 2.75) is 0 Å². The molecule has 0 radical (unpaired) electrons. The number of anilines is 1. The van der Waals surface area contributed by atoms with Gasteiger partial charge in [-0.05, 0) is 22.9 Å². The molecule has 1 amide bonds. The first-order valence-electron chi connectivity index (χ1n) is 3.88. The van der Waals surface area contributed by atoms with E-state index in [1.54, 1.807) is 0 Å². The van der Waals surface area contributed by atoms with Crippen LogP contribution in [-0.4, -0.2) is 29.6 Å². The number of hydrogen-bond donors (Lipinski definition) is 1. The third-order valence-corrected chi connectivity index (χ3v) is 3.22. The third-order valence-electron chi connectivity index (χ3n) is 1.33. The van der Waals surface area contributed by atoms with Gasteiger partial charge in [-0.2, -0.15) is 0 Å². The molecule has 1 N–H and O–H groups in total. The summed E-state index contributed by atoms with van der Waals surface area (Å²) in [5.41, 5.74) is 0. The summed E-state index contributed by atoms with van der Waals surface area (Å²) in [7, 11) is -4.53. The number of pyridine rings is 1. The minimum absolute atomic E-state index is 0. The number of carbonyl (C=O) groups excluding carboxylic acids is 1. The van der Waals surface area contributed by atoms with E-state index in [0.717, 1.165) is 12.3 Å². The molecular weight excluding hydrogens is 282 g/mol. The van der Waals surface area contributed by atoms with Gasteiger partial charge in [0.15, 0.2) is 0 Å². The molecule has 0 aliphatic heterocycles. The molecule has 1 aromatic rings. The monoisotopic (exact) mass is 288 g/mol. The van der Waals surface area contributed by atoms with Crippen molar-refractivity contribution in [3.8, 4) is 0 Å². The fourth-order valence-corrected chi connectivity index (χ4v) is 1.83. The Hall–Kier alpha value is -0.190. The van der Waals surface area contributed by atoms with Crippen LogP contribution in [0.15, 0.2) is 18.3 Å². The van der Waals surface area contributed by atoms with Gasteiger partial charge >= 0.3 is 29.6 Å². The number of halogens is 1. The molecule has 88 valence electrons. The van der Waals surface area contributed by atoms with Gasteiger partial charge in [0.25, 0.3) is 0 Å². The zero-order chi connectivity index (χ0) is 12.2. The predicted octanol–water partition coefficient (Wildman–Crippen LogP) is -2.64. The second-order valence-corrected chi connectivity index (χ2v) is 5.85. The van der Waals surface area contributed by atoms with Crippen molar-refractivity contribution < 1.29 is 51.7 Å². The summed E-state index contributed by atoms with van der Waals surface area (Å²) >= 11 is 0. The molecule has 0 spiro atoms. The fraction of sp³-hybridized carbons (Fsp3) is 0.143. The van der Waals surface area contributed by atoms with Crippen LogP contribution >= 0.6 is 10.8 Å². The molecule has 0 aliphatic carbocycles. The van der Waals surface area contributed by atoms with Crippen molar-refractivity contribution in [1.82, 2.24) is 4.98 Å². The molecule has 0 aliphatic rings. The zero-order valence-electron chi connectivity index (χ0n) is 8.71. The normalized spacial score (nSPS) is 10.5. The first-order chi connectivity index (χ1) is 7.37. The molecule has 0 saturated carbocycles. The first-order valence-corrected chi connectivity index (χ1v) is 6.79. The van der Waals surface area contributed by atoms with Gasteiger partial charge in [0.2, 0.25) is 5.91 Å². The van der Waals surface area contributed by atoms with Gasteiger partial charge in [0.1, 0.15) is 20.8 Å². The Balaban J connectivity index is 0.00000256. The van der Waals surface area contributed by atoms with Crippen LogP contribution in [-0.2, 0) is 13.9 Å². The maximum atomic E-state index is 12.4. The Morgan fingerprint density at radius 3 is 2.65 bits per heavy atom. The zero-order valence-corrected chi connectivity index (χ0v) is 12.3. The summed E-state index contributed by atoms with van der Waals surface area (Å²) in [5.74, 6) is -1.72. The van der Waals surface area contributed by atoms with E-state index in [9.17, 15) is 22.2 Å². The molecule has 0 fully saturated rings. The van der Waals surface area contributed by atoms with E-state index in [2.05, 4.69) is 10.3 Å². The minimum atomic E-state index is -4.49. The van der Waals surface area contributed by atoms with Gasteiger partial charge in [0, 0.05) is 0 Å². The minimum Gasteiger partial charge on any atom is -0.739 e. The number of carbonyl (C=O) groups is 1. The van der Waals surface area contributed by atoms with E-state index >= 15 is 0 Å². The van der Waals surface area contributed by atoms with E-state index in [-0.39, 0.29) is 46.2 Å². The summed E-state index contributed by atoms with van der Waals surface area (Å²) in [6.45, 7) is 0. The maximum absolute atomic E-state index is 12.4. The Kier molecular flexibility index (Phi) is 7.21. The van der Waals surface area contributed by atoms with Crippen molar-refractivity contribution in [1.29, 1.82) is 0 Å². The molecule has 0 unspecified atom stereocenters. The second-order valence-electron chi connectivity index (χ2n) is 2.58. The van der Waals surface area contributed by atoms with Gasteiger partial charge in [-0.25, -0.2) is 17.8 Å². The van der Waals surface area contributed by atoms with Gasteiger partial charge in [-0.3, -0.25) is 4.79 Å². The standard InChI is InChI=1S/C7H7FN2O4S2.Na/c8-5-1-2-6(9-3-5)10-7(11)4-15-16(12,13)14;/h1-3H,4H2,(H,9,10,11)(H,12,13,14);/q;+1/p-1. The predicted molar refractivity (Wildman–Crippen MR) is 55.0 cm³/mol. The van der Waals surface area contributed by atoms with Crippen molar-refractivity contribution >= 4 is 31.7 Å². The van der Waals surface area contributed by atoms with Crippen LogP contribution in [0.5, 0.6) is 0 Å². The average Bonchev–Trinajstić information content (AvgIpc) is 2.18. The van der Waals surface area contributed by atoms with Gasteiger partial charge < -0.3 is 9.87 Å². The molecule has 1 aromatic heterocycles. The fourth-order valence-electron chi connectivity index (χ4n) is 0.754. The van der Waals surface area contributed by atoms with Crippen LogP contribution in [0.4, 0.5) is 10.2 Å². The molecule has 0 bridgehead atoms. The van der Waals surface area contributed by atoms with Crippen LogP contribution in [0.3, 0.4) is 0 Å². The SMILES string of the molecule is O=C(CSS(=O)(=O)[O-])Nc1ccc(F)cn1.[Na+]. The van der Waals surface area contributed by atoms with Crippen molar-refractivity contribution in [2.24, 2.45) is 0 Å². The number of nitrogens with one attached hydrogen (secondary N) is 1. The molecule has 0 saturated heterocycles.